The van der Waals surface area contributed by atoms with E-state index in [1.165, 1.54) is 135 Å². The van der Waals surface area contributed by atoms with Crippen LogP contribution in [0.1, 0.15) is 219 Å². The maximum atomic E-state index is 12.4. The number of hydrogen-bond donors (Lipinski definition) is 2. The molecule has 8 nitrogen and oxygen atoms in total. The molecule has 0 amide bonds. The number of esters is 2. The van der Waals surface area contributed by atoms with Gasteiger partial charge < -0.3 is 19.3 Å². The number of hydrogen-bond acceptors (Lipinski definition) is 6. The molecule has 0 unspecified atom stereocenters. The second-order valence-electron chi connectivity index (χ2n) is 14.7. The van der Waals surface area contributed by atoms with Crippen LogP contribution >= 0.6 is 7.82 Å². The largest absolute Gasteiger partial charge is 0.469 e. The number of unbranched alkanes of at least 4 members (excludes halogenated alkanes) is 26. The van der Waals surface area contributed by atoms with E-state index < -0.39 is 32.5 Å². The van der Waals surface area contributed by atoms with Crippen LogP contribution in [-0.4, -0.2) is 41.0 Å². The van der Waals surface area contributed by atoms with Crippen molar-refractivity contribution in [2.75, 3.05) is 13.2 Å². The van der Waals surface area contributed by atoms with E-state index in [4.69, 9.17) is 19.3 Å². The van der Waals surface area contributed by atoms with E-state index in [0.29, 0.717) is 6.42 Å². The molecule has 0 fully saturated rings. The summed E-state index contributed by atoms with van der Waals surface area (Å²) in [5, 5.41) is 0. The van der Waals surface area contributed by atoms with Crippen LogP contribution in [0.25, 0.3) is 0 Å². The van der Waals surface area contributed by atoms with Crippen LogP contribution in [0.15, 0.2) is 24.3 Å². The Morgan fingerprint density at radius 2 is 0.865 bits per heavy atom. The third-order valence-electron chi connectivity index (χ3n) is 9.47. The molecule has 0 rings (SSSR count). The average Bonchev–Trinajstić information content (AvgIpc) is 3.11. The summed E-state index contributed by atoms with van der Waals surface area (Å²) in [6.07, 6.45) is 44.6. The highest BCUT2D eigenvalue weighted by molar-refractivity contribution is 7.46. The number of allylic oxidation sites excluding steroid dienone is 4. The summed E-state index contributed by atoms with van der Waals surface area (Å²) >= 11 is 0. The molecule has 0 aromatic carbocycles. The monoisotopic (exact) mass is 757 g/mol. The Hall–Kier alpha value is -1.47. The van der Waals surface area contributed by atoms with E-state index in [9.17, 15) is 14.2 Å². The van der Waals surface area contributed by atoms with Gasteiger partial charge >= 0.3 is 19.8 Å². The zero-order valence-corrected chi connectivity index (χ0v) is 34.6. The molecule has 1 atom stereocenters. The van der Waals surface area contributed by atoms with E-state index >= 15 is 0 Å². The second kappa shape index (κ2) is 39.2. The molecule has 0 spiro atoms. The molecule has 0 aromatic rings. The fourth-order valence-electron chi connectivity index (χ4n) is 6.23. The van der Waals surface area contributed by atoms with Gasteiger partial charge in [0, 0.05) is 12.8 Å². The SMILES string of the molecule is CCCCC/C=C\C/C=C\CCCCCCCCCCCC(=O)OC[C@H](COP(=O)(O)O)OC(=O)CCCCCCCCCCCCCCCCC. The van der Waals surface area contributed by atoms with Crippen molar-refractivity contribution in [1.82, 2.24) is 0 Å². The second-order valence-corrected chi connectivity index (χ2v) is 15.9. The summed E-state index contributed by atoms with van der Waals surface area (Å²) in [4.78, 5) is 42.9. The molecule has 2 N–H and O–H groups in total. The van der Waals surface area contributed by atoms with Gasteiger partial charge in [0.25, 0.3) is 0 Å². The van der Waals surface area contributed by atoms with E-state index in [0.717, 1.165) is 51.4 Å². The smallest absolute Gasteiger partial charge is 0.462 e. The lowest BCUT2D eigenvalue weighted by Gasteiger charge is -2.18. The molecule has 9 heteroatoms. The molecule has 0 bridgehead atoms. The molecule has 0 aliphatic rings. The lowest BCUT2D eigenvalue weighted by Crippen LogP contribution is -2.29. The molecular weight excluding hydrogens is 675 g/mol. The van der Waals surface area contributed by atoms with Crippen LogP contribution in [0.5, 0.6) is 0 Å². The summed E-state index contributed by atoms with van der Waals surface area (Å²) in [5.41, 5.74) is 0. The molecule has 0 heterocycles. The maximum absolute atomic E-state index is 12.4. The lowest BCUT2D eigenvalue weighted by molar-refractivity contribution is -0.161. The Kier molecular flexibility index (Phi) is 38.1. The number of ether oxygens (including phenoxy) is 2. The minimum Gasteiger partial charge on any atom is -0.462 e. The normalized spacial score (nSPS) is 12.6. The summed E-state index contributed by atoms with van der Waals surface area (Å²) in [5.74, 6) is -0.880. The zero-order valence-electron chi connectivity index (χ0n) is 33.7. The van der Waals surface area contributed by atoms with Gasteiger partial charge in [-0.1, -0.05) is 186 Å². The molecule has 0 aromatic heterocycles. The van der Waals surface area contributed by atoms with E-state index in [-0.39, 0.29) is 19.4 Å². The molecule has 0 saturated carbocycles. The number of phosphoric ester groups is 1. The number of carbonyl (C=O) groups excluding carboxylic acids is 2. The van der Waals surface area contributed by atoms with Crippen LogP contribution in [0.3, 0.4) is 0 Å². The van der Waals surface area contributed by atoms with Crippen molar-refractivity contribution >= 4 is 19.8 Å². The predicted molar refractivity (Wildman–Crippen MR) is 216 cm³/mol. The van der Waals surface area contributed by atoms with E-state index in [1.807, 2.05) is 0 Å². The Morgan fingerprint density at radius 1 is 0.500 bits per heavy atom. The Labute approximate surface area is 319 Å². The van der Waals surface area contributed by atoms with Crippen molar-refractivity contribution in [3.05, 3.63) is 24.3 Å². The highest BCUT2D eigenvalue weighted by atomic mass is 31.2. The summed E-state index contributed by atoms with van der Waals surface area (Å²) < 4.78 is 26.4. The van der Waals surface area contributed by atoms with Crippen molar-refractivity contribution < 1.29 is 37.9 Å². The topological polar surface area (TPSA) is 119 Å². The lowest BCUT2D eigenvalue weighted by atomic mass is 10.0. The maximum Gasteiger partial charge on any atom is 0.469 e. The van der Waals surface area contributed by atoms with Gasteiger partial charge in [0.15, 0.2) is 6.10 Å². The van der Waals surface area contributed by atoms with Crippen LogP contribution in [0.2, 0.25) is 0 Å². The van der Waals surface area contributed by atoms with Gasteiger partial charge in [-0.25, -0.2) is 4.57 Å². The fourth-order valence-corrected chi connectivity index (χ4v) is 6.59. The molecule has 52 heavy (non-hydrogen) atoms. The first kappa shape index (κ1) is 50.5. The first-order chi connectivity index (χ1) is 25.3. The van der Waals surface area contributed by atoms with Crippen LogP contribution < -0.4 is 0 Å². The van der Waals surface area contributed by atoms with Crippen LogP contribution in [0.4, 0.5) is 0 Å². The molecular formula is C43H81O8P. The first-order valence-electron chi connectivity index (χ1n) is 21.6. The molecule has 306 valence electrons. The van der Waals surface area contributed by atoms with Gasteiger partial charge in [0.2, 0.25) is 0 Å². The van der Waals surface area contributed by atoms with Crippen molar-refractivity contribution in [1.29, 1.82) is 0 Å². The molecule has 0 aliphatic heterocycles. The third-order valence-corrected chi connectivity index (χ3v) is 9.96. The first-order valence-corrected chi connectivity index (χ1v) is 23.2. The zero-order chi connectivity index (χ0) is 38.2. The highest BCUT2D eigenvalue weighted by Gasteiger charge is 2.22. The Balaban J connectivity index is 3.87. The summed E-state index contributed by atoms with van der Waals surface area (Å²) in [6.45, 7) is 3.68. The number of rotatable bonds is 40. The average molecular weight is 757 g/mol. The van der Waals surface area contributed by atoms with E-state index in [1.54, 1.807) is 0 Å². The van der Waals surface area contributed by atoms with Gasteiger partial charge in [-0.05, 0) is 44.9 Å². The molecule has 0 aliphatic carbocycles. The predicted octanol–water partition coefficient (Wildman–Crippen LogP) is 13.2. The molecule has 0 saturated heterocycles. The van der Waals surface area contributed by atoms with Gasteiger partial charge in [0.05, 0.1) is 6.61 Å². The van der Waals surface area contributed by atoms with Crippen molar-refractivity contribution in [2.45, 2.75) is 225 Å². The fraction of sp³-hybridized carbons (Fsp3) is 0.860. The van der Waals surface area contributed by atoms with E-state index in [2.05, 4.69) is 42.7 Å². The third kappa shape index (κ3) is 41.3. The van der Waals surface area contributed by atoms with Gasteiger partial charge in [-0.15, -0.1) is 0 Å². The van der Waals surface area contributed by atoms with Gasteiger partial charge in [0.1, 0.15) is 6.61 Å². The van der Waals surface area contributed by atoms with Crippen molar-refractivity contribution in [3.8, 4) is 0 Å². The summed E-state index contributed by atoms with van der Waals surface area (Å²) in [7, 11) is -4.75. The van der Waals surface area contributed by atoms with Crippen LogP contribution in [0, 0.1) is 0 Å². The minimum atomic E-state index is -4.75. The minimum absolute atomic E-state index is 0.216. The van der Waals surface area contributed by atoms with Gasteiger partial charge in [-0.3, -0.25) is 14.1 Å². The Bertz CT molecular complexity index is 900. The molecule has 0 radical (unpaired) electrons. The quantitative estimate of drug-likeness (QED) is 0.0274. The van der Waals surface area contributed by atoms with Gasteiger partial charge in [-0.2, -0.15) is 0 Å². The van der Waals surface area contributed by atoms with Crippen molar-refractivity contribution in [3.63, 3.8) is 0 Å². The Morgan fingerprint density at radius 3 is 1.31 bits per heavy atom. The van der Waals surface area contributed by atoms with Crippen molar-refractivity contribution in [2.24, 2.45) is 0 Å². The van der Waals surface area contributed by atoms with Crippen LogP contribution in [-0.2, 0) is 28.2 Å². The highest BCUT2D eigenvalue weighted by Crippen LogP contribution is 2.36. The standard InChI is InChI=1S/C43H81O8P/c1-3-5-7-9-11-13-15-17-19-20-21-22-24-25-27-29-31-33-35-37-42(44)49-39-41(40-50-52(46,47)48)51-43(45)38-36-34-32-30-28-26-23-18-16-14-12-10-8-6-4-2/h11,13,17,19,41H,3-10,12,14-16,18,20-40H2,1-2H3,(H2,46,47,48)/b13-11-,19-17-/t41-/m1/s1. The number of phosphoric acid groups is 1. The number of carbonyl (C=O) groups is 2. The summed E-state index contributed by atoms with van der Waals surface area (Å²) in [6, 6.07) is 0.